The highest BCUT2D eigenvalue weighted by molar-refractivity contribution is 7.79. The van der Waals surface area contributed by atoms with E-state index in [9.17, 15) is 0 Å². The third-order valence-electron chi connectivity index (χ3n) is 3.20. The second-order valence-corrected chi connectivity index (χ2v) is 4.13. The Morgan fingerprint density at radius 2 is 2.25 bits per heavy atom. The smallest absolute Gasteiger partial charge is 0.0572 e. The van der Waals surface area contributed by atoms with E-state index in [1.54, 1.807) is 6.08 Å². The lowest BCUT2D eigenvalue weighted by molar-refractivity contribution is 0.381. The van der Waals surface area contributed by atoms with Crippen LogP contribution in [0, 0.1) is 11.8 Å². The first-order valence-corrected chi connectivity index (χ1v) is 5.09. The first-order chi connectivity index (χ1) is 5.90. The Labute approximate surface area is 79.2 Å². The van der Waals surface area contributed by atoms with Crippen molar-refractivity contribution in [2.75, 3.05) is 0 Å². The van der Waals surface area contributed by atoms with Crippen LogP contribution >= 0.6 is 12.2 Å². The second kappa shape index (κ2) is 3.56. The van der Waals surface area contributed by atoms with E-state index in [1.807, 2.05) is 6.20 Å². The number of hydrogen-bond donors (Lipinski definition) is 1. The molecular formula is C10H14NS. The van der Waals surface area contributed by atoms with E-state index in [-0.39, 0.29) is 0 Å². The minimum atomic E-state index is 0.725. The van der Waals surface area contributed by atoms with Gasteiger partial charge < -0.3 is 5.32 Å². The Kier molecular flexibility index (Phi) is 2.45. The monoisotopic (exact) mass is 180 g/mol. The van der Waals surface area contributed by atoms with E-state index in [2.05, 4.69) is 22.9 Å². The number of nitrogens with one attached hydrogen (secondary N) is 1. The zero-order valence-electron chi connectivity index (χ0n) is 7.12. The number of hydrogen-bond acceptors (Lipinski definition) is 2. The van der Waals surface area contributed by atoms with E-state index in [0.717, 1.165) is 17.9 Å². The molecule has 2 aliphatic rings. The lowest BCUT2D eigenvalue weighted by Gasteiger charge is -2.21. The molecule has 0 aromatic rings. The lowest BCUT2D eigenvalue weighted by Crippen LogP contribution is -2.29. The predicted octanol–water partition coefficient (Wildman–Crippen LogP) is 2.16. The van der Waals surface area contributed by atoms with Crippen LogP contribution in [0.15, 0.2) is 12.3 Å². The highest BCUT2D eigenvalue weighted by Crippen LogP contribution is 2.44. The van der Waals surface area contributed by atoms with E-state index in [4.69, 9.17) is 0 Å². The molecule has 65 valence electrons. The standard InChI is InChI=1S/C10H14NS/c12-5-1-4-11-10-7-8-2-3-9(10)6-8/h1,4,8-11H,2-3,6-7H2. The van der Waals surface area contributed by atoms with E-state index in [1.165, 1.54) is 25.7 Å². The van der Waals surface area contributed by atoms with Gasteiger partial charge in [-0.25, -0.2) is 0 Å². The zero-order valence-corrected chi connectivity index (χ0v) is 7.94. The molecule has 2 bridgehead atoms. The summed E-state index contributed by atoms with van der Waals surface area (Å²) in [6.07, 6.45) is 9.43. The lowest BCUT2D eigenvalue weighted by atomic mass is 9.96. The Morgan fingerprint density at radius 3 is 2.83 bits per heavy atom. The first-order valence-electron chi connectivity index (χ1n) is 4.69. The number of thiocarbonyl (C=S) groups is 1. The summed E-state index contributed by atoms with van der Waals surface area (Å²) in [7, 11) is 0. The van der Waals surface area contributed by atoms with E-state index >= 15 is 0 Å². The van der Waals surface area contributed by atoms with Gasteiger partial charge in [-0.05, 0) is 43.4 Å². The molecule has 1 nitrogen and oxygen atoms in total. The average Bonchev–Trinajstić information content (AvgIpc) is 2.65. The molecule has 2 aliphatic carbocycles. The molecule has 2 fully saturated rings. The summed E-state index contributed by atoms with van der Waals surface area (Å²) in [5, 5.41) is 5.98. The Bertz CT molecular complexity index is 200. The van der Waals surface area contributed by atoms with Gasteiger partial charge in [0.15, 0.2) is 0 Å². The van der Waals surface area contributed by atoms with Crippen LogP contribution < -0.4 is 5.32 Å². The maximum Gasteiger partial charge on any atom is 0.0572 e. The van der Waals surface area contributed by atoms with Gasteiger partial charge in [0.1, 0.15) is 0 Å². The summed E-state index contributed by atoms with van der Waals surface area (Å²) in [6, 6.07) is 0.725. The van der Waals surface area contributed by atoms with Gasteiger partial charge in [-0.15, -0.1) is 0 Å². The number of rotatable bonds is 3. The molecular weight excluding hydrogens is 166 g/mol. The molecule has 0 aliphatic heterocycles. The van der Waals surface area contributed by atoms with Crippen LogP contribution in [0.2, 0.25) is 0 Å². The Hall–Kier alpha value is -0.370. The van der Waals surface area contributed by atoms with Crippen molar-refractivity contribution in [1.82, 2.24) is 5.32 Å². The van der Waals surface area contributed by atoms with Crippen molar-refractivity contribution in [2.45, 2.75) is 31.7 Å². The molecule has 2 saturated carbocycles. The molecule has 0 aromatic carbocycles. The van der Waals surface area contributed by atoms with Gasteiger partial charge >= 0.3 is 0 Å². The molecule has 0 amide bonds. The van der Waals surface area contributed by atoms with Gasteiger partial charge in [-0.3, -0.25) is 0 Å². The molecule has 0 aromatic heterocycles. The molecule has 2 heteroatoms. The van der Waals surface area contributed by atoms with Gasteiger partial charge in [-0.2, -0.15) is 0 Å². The summed E-state index contributed by atoms with van der Waals surface area (Å²) in [5.74, 6) is 1.95. The molecule has 2 rings (SSSR count). The molecule has 0 saturated heterocycles. The van der Waals surface area contributed by atoms with Gasteiger partial charge in [0.05, 0.1) is 5.37 Å². The molecule has 12 heavy (non-hydrogen) atoms. The molecule has 3 unspecified atom stereocenters. The van der Waals surface area contributed by atoms with E-state index in [0.29, 0.717) is 0 Å². The van der Waals surface area contributed by atoms with Crippen LogP contribution in [0.1, 0.15) is 25.7 Å². The SMILES string of the molecule is S=[C]C=CNC1CC2CCC1C2. The fourth-order valence-corrected chi connectivity index (χ4v) is 2.72. The van der Waals surface area contributed by atoms with Crippen LogP contribution in [-0.2, 0) is 0 Å². The topological polar surface area (TPSA) is 12.0 Å². The Balaban J connectivity index is 1.82. The predicted molar refractivity (Wildman–Crippen MR) is 54.1 cm³/mol. The van der Waals surface area contributed by atoms with Crippen LogP contribution in [0.3, 0.4) is 0 Å². The average molecular weight is 180 g/mol. The normalized spacial score (nSPS) is 39.2. The van der Waals surface area contributed by atoms with Gasteiger partial charge in [0.2, 0.25) is 0 Å². The van der Waals surface area contributed by atoms with Gasteiger partial charge in [0, 0.05) is 6.04 Å². The molecule has 0 heterocycles. The van der Waals surface area contributed by atoms with Crippen molar-refractivity contribution in [2.24, 2.45) is 11.8 Å². The summed E-state index contributed by atoms with van der Waals surface area (Å²) in [5.41, 5.74) is 0. The summed E-state index contributed by atoms with van der Waals surface area (Å²) in [4.78, 5) is 0. The fourth-order valence-electron chi connectivity index (χ4n) is 2.65. The molecule has 1 radical (unpaired) electrons. The third kappa shape index (κ3) is 1.53. The maximum absolute atomic E-state index is 4.58. The fraction of sp³-hybridized carbons (Fsp3) is 0.700. The number of allylic oxidation sites excluding steroid dienone is 1. The summed E-state index contributed by atoms with van der Waals surface area (Å²) in [6.45, 7) is 0. The minimum absolute atomic E-state index is 0.725. The van der Waals surface area contributed by atoms with Gasteiger partial charge in [0.25, 0.3) is 0 Å². The highest BCUT2D eigenvalue weighted by Gasteiger charge is 2.38. The minimum Gasteiger partial charge on any atom is -0.388 e. The van der Waals surface area contributed by atoms with Crippen molar-refractivity contribution >= 4 is 17.6 Å². The largest absolute Gasteiger partial charge is 0.388 e. The summed E-state index contributed by atoms with van der Waals surface area (Å²) < 4.78 is 0. The highest BCUT2D eigenvalue weighted by atomic mass is 32.1. The molecule has 1 N–H and O–H groups in total. The second-order valence-electron chi connectivity index (χ2n) is 3.90. The van der Waals surface area contributed by atoms with Crippen LogP contribution in [0.5, 0.6) is 0 Å². The van der Waals surface area contributed by atoms with Crippen molar-refractivity contribution in [3.05, 3.63) is 12.3 Å². The Morgan fingerprint density at radius 1 is 1.33 bits per heavy atom. The van der Waals surface area contributed by atoms with Crippen LogP contribution in [0.4, 0.5) is 0 Å². The van der Waals surface area contributed by atoms with Crippen molar-refractivity contribution < 1.29 is 0 Å². The zero-order chi connectivity index (χ0) is 8.39. The quantitative estimate of drug-likeness (QED) is 0.527. The molecule has 3 atom stereocenters. The number of fused-ring (bicyclic) bond motifs is 2. The third-order valence-corrected chi connectivity index (χ3v) is 3.34. The van der Waals surface area contributed by atoms with Crippen molar-refractivity contribution in [3.63, 3.8) is 0 Å². The van der Waals surface area contributed by atoms with Gasteiger partial charge in [-0.1, -0.05) is 18.6 Å². The maximum atomic E-state index is 4.58. The van der Waals surface area contributed by atoms with E-state index < -0.39 is 0 Å². The first kappa shape index (κ1) is 8.24. The van der Waals surface area contributed by atoms with Crippen molar-refractivity contribution in [3.8, 4) is 0 Å². The van der Waals surface area contributed by atoms with Crippen LogP contribution in [-0.4, -0.2) is 11.4 Å². The summed E-state index contributed by atoms with van der Waals surface area (Å²) >= 11 is 4.58. The molecule has 0 spiro atoms. The van der Waals surface area contributed by atoms with Crippen LogP contribution in [0.25, 0.3) is 0 Å². The van der Waals surface area contributed by atoms with Crippen molar-refractivity contribution in [1.29, 1.82) is 0 Å².